The van der Waals surface area contributed by atoms with E-state index in [1.807, 2.05) is 12.1 Å². The number of hydrogen-bond acceptors (Lipinski definition) is 8. The van der Waals surface area contributed by atoms with Gasteiger partial charge in [0.2, 0.25) is 0 Å². The predicted octanol–water partition coefficient (Wildman–Crippen LogP) is 1.78. The minimum Gasteiger partial charge on any atom is -0.493 e. The van der Waals surface area contributed by atoms with E-state index in [0.29, 0.717) is 61.1 Å². The van der Waals surface area contributed by atoms with Crippen LogP contribution in [0, 0.1) is 11.3 Å². The highest BCUT2D eigenvalue weighted by Gasteiger charge is 2.27. The van der Waals surface area contributed by atoms with Gasteiger partial charge in [-0.2, -0.15) is 5.26 Å². The molecule has 0 bridgehead atoms. The third-order valence-corrected chi connectivity index (χ3v) is 7.58. The summed E-state index contributed by atoms with van der Waals surface area (Å²) >= 11 is 0. The van der Waals surface area contributed by atoms with Crippen LogP contribution in [0.15, 0.2) is 47.0 Å². The second kappa shape index (κ2) is 12.7. The molecule has 2 aromatic carbocycles. The second-order valence-electron chi connectivity index (χ2n) is 10.1. The number of nitrogens with one attached hydrogen (secondary N) is 1. The summed E-state index contributed by atoms with van der Waals surface area (Å²) in [6.07, 6.45) is 3.49. The molecular formula is C30H34N6O4. The van der Waals surface area contributed by atoms with Crippen molar-refractivity contribution >= 4 is 23.4 Å². The van der Waals surface area contributed by atoms with Crippen molar-refractivity contribution in [1.29, 1.82) is 5.26 Å². The van der Waals surface area contributed by atoms with Gasteiger partial charge in [-0.3, -0.25) is 4.99 Å². The number of anilines is 1. The maximum Gasteiger partial charge on any atom is 0.321 e. The fraction of sp³-hybridized carbons (Fsp3) is 0.433. The molecule has 1 N–H and O–H groups in total. The van der Waals surface area contributed by atoms with Gasteiger partial charge in [0.15, 0.2) is 11.5 Å². The smallest absolute Gasteiger partial charge is 0.321 e. The highest BCUT2D eigenvalue weighted by atomic mass is 16.5. The Kier molecular flexibility index (Phi) is 8.65. The van der Waals surface area contributed by atoms with Gasteiger partial charge in [0, 0.05) is 49.7 Å². The Morgan fingerprint density at radius 2 is 1.80 bits per heavy atom. The Hall–Kier alpha value is -4.32. The lowest BCUT2D eigenvalue weighted by molar-refractivity contribution is 0.177. The molecule has 3 aliphatic rings. The molecule has 2 aromatic rings. The van der Waals surface area contributed by atoms with Crippen molar-refractivity contribution < 1.29 is 19.1 Å². The molecule has 0 atom stereocenters. The van der Waals surface area contributed by atoms with Crippen molar-refractivity contribution in [3.63, 3.8) is 0 Å². The van der Waals surface area contributed by atoms with Crippen molar-refractivity contribution in [3.8, 4) is 17.6 Å². The molecule has 10 nitrogen and oxygen atoms in total. The highest BCUT2D eigenvalue weighted by molar-refractivity contribution is 5.89. The van der Waals surface area contributed by atoms with E-state index >= 15 is 0 Å². The van der Waals surface area contributed by atoms with E-state index < -0.39 is 0 Å². The zero-order valence-electron chi connectivity index (χ0n) is 22.8. The number of carbonyl (C=O) groups is 1. The van der Waals surface area contributed by atoms with Gasteiger partial charge < -0.3 is 29.5 Å². The number of fused-ring (bicyclic) bond motifs is 1. The molecule has 0 unspecified atom stereocenters. The minimum absolute atomic E-state index is 0.201. The number of likely N-dealkylation sites (tertiary alicyclic amines) is 1. The molecule has 0 saturated carbocycles. The topological polar surface area (TPSA) is 110 Å². The van der Waals surface area contributed by atoms with Gasteiger partial charge in [0.25, 0.3) is 0 Å². The Bertz CT molecular complexity index is 1440. The zero-order chi connectivity index (χ0) is 27.9. The first kappa shape index (κ1) is 27.3. The predicted molar refractivity (Wildman–Crippen MR) is 150 cm³/mol. The maximum absolute atomic E-state index is 12.8. The Morgan fingerprint density at radius 1 is 1.05 bits per heavy atom. The van der Waals surface area contributed by atoms with Crippen molar-refractivity contribution in [2.75, 3.05) is 71.4 Å². The van der Waals surface area contributed by atoms with E-state index in [9.17, 15) is 9.59 Å². The van der Waals surface area contributed by atoms with Gasteiger partial charge in [0.05, 0.1) is 48.5 Å². The van der Waals surface area contributed by atoms with Crippen LogP contribution in [-0.2, 0) is 4.79 Å². The molecular weight excluding hydrogens is 508 g/mol. The number of nitrogens with zero attached hydrogens (tertiary/aromatic N) is 5. The van der Waals surface area contributed by atoms with Crippen LogP contribution < -0.4 is 25.4 Å². The van der Waals surface area contributed by atoms with Gasteiger partial charge in [-0.25, -0.2) is 9.59 Å². The highest BCUT2D eigenvalue weighted by Crippen LogP contribution is 2.26. The molecule has 0 aromatic heterocycles. The summed E-state index contributed by atoms with van der Waals surface area (Å²) in [4.78, 5) is 35.7. The molecule has 2 saturated heterocycles. The summed E-state index contributed by atoms with van der Waals surface area (Å²) in [6, 6.07) is 12.4. The fourth-order valence-corrected chi connectivity index (χ4v) is 5.43. The number of amides is 2. The summed E-state index contributed by atoms with van der Waals surface area (Å²) in [5.41, 5.74) is 2.45. The lowest BCUT2D eigenvalue weighted by Crippen LogP contribution is -2.51. The Balaban J connectivity index is 1.29. The number of ether oxygens (including phenoxy) is 2. The van der Waals surface area contributed by atoms with Crippen molar-refractivity contribution in [2.24, 2.45) is 4.99 Å². The average Bonchev–Trinajstić information content (AvgIpc) is 3.52. The van der Waals surface area contributed by atoms with E-state index in [4.69, 9.17) is 14.7 Å². The number of carbonyl (C=O) groups excluding carboxylic acids is 2. The number of urea groups is 1. The van der Waals surface area contributed by atoms with Crippen molar-refractivity contribution in [2.45, 2.75) is 19.3 Å². The van der Waals surface area contributed by atoms with Crippen LogP contribution in [0.2, 0.25) is 0 Å². The van der Waals surface area contributed by atoms with Crippen LogP contribution in [-0.4, -0.2) is 92.7 Å². The zero-order valence-corrected chi connectivity index (χ0v) is 22.8. The van der Waals surface area contributed by atoms with Gasteiger partial charge in [0.1, 0.15) is 5.94 Å². The number of rotatable bonds is 8. The first-order valence-corrected chi connectivity index (χ1v) is 13.8. The molecule has 3 aliphatic heterocycles. The summed E-state index contributed by atoms with van der Waals surface area (Å²) in [6.45, 7) is 6.28. The molecule has 0 aliphatic carbocycles. The van der Waals surface area contributed by atoms with Gasteiger partial charge >= 0.3 is 6.03 Å². The van der Waals surface area contributed by atoms with Crippen molar-refractivity contribution in [1.82, 2.24) is 14.7 Å². The van der Waals surface area contributed by atoms with Crippen LogP contribution in [0.5, 0.6) is 11.5 Å². The number of hydrogen-bond donors (Lipinski definition) is 1. The lowest BCUT2D eigenvalue weighted by Gasteiger charge is -2.37. The molecule has 0 radical (unpaired) electrons. The van der Waals surface area contributed by atoms with Crippen LogP contribution >= 0.6 is 0 Å². The molecule has 2 fully saturated rings. The fourth-order valence-electron chi connectivity index (χ4n) is 5.43. The standard InChI is InChI=1S/C30H34N6O4/c1-39-27-17-25-26(18-28(27)40-16-4-11-34-9-2-3-10-34)32-20-23(21-37)29(25)35-12-14-36(15-13-35)30(38)33-24-7-5-22(19-31)6-8-24/h5-8,17-18H,2-4,9-16,20H2,1H3,(H,33,38). The number of methoxy groups -OCH3 is 1. The molecule has 0 spiro atoms. The molecule has 208 valence electrons. The third-order valence-electron chi connectivity index (χ3n) is 7.58. The minimum atomic E-state index is -0.201. The third kappa shape index (κ3) is 6.12. The molecule has 2 amide bonds. The quantitative estimate of drug-likeness (QED) is 0.400. The van der Waals surface area contributed by atoms with Crippen molar-refractivity contribution in [3.05, 3.63) is 58.1 Å². The average molecular weight is 543 g/mol. The van der Waals surface area contributed by atoms with Gasteiger partial charge in [-0.05, 0) is 62.7 Å². The van der Waals surface area contributed by atoms with E-state index in [0.717, 1.165) is 29.2 Å². The van der Waals surface area contributed by atoms with E-state index in [-0.39, 0.29) is 12.6 Å². The maximum atomic E-state index is 12.8. The molecule has 40 heavy (non-hydrogen) atoms. The number of nitriles is 1. The summed E-state index contributed by atoms with van der Waals surface area (Å²) in [5.74, 6) is 3.33. The van der Waals surface area contributed by atoms with Crippen LogP contribution in [0.3, 0.4) is 0 Å². The first-order chi connectivity index (χ1) is 19.6. The van der Waals surface area contributed by atoms with Gasteiger partial charge in [-0.15, -0.1) is 0 Å². The SMILES string of the molecule is COc1cc2c(cc1OCCCN1CCCC1)=NCC(=C=O)C=2N1CCN(C(=O)Nc2ccc(C#N)cc2)CC1. The normalized spacial score (nSPS) is 17.0. The second-order valence-corrected chi connectivity index (χ2v) is 10.1. The Labute approximate surface area is 233 Å². The summed E-state index contributed by atoms with van der Waals surface area (Å²) in [7, 11) is 1.61. The lowest BCUT2D eigenvalue weighted by atomic mass is 10.0. The van der Waals surface area contributed by atoms with E-state index in [1.54, 1.807) is 36.3 Å². The number of piperazine rings is 1. The summed E-state index contributed by atoms with van der Waals surface area (Å²) < 4.78 is 11.8. The Morgan fingerprint density at radius 3 is 2.48 bits per heavy atom. The molecule has 5 rings (SSSR count). The monoisotopic (exact) mass is 542 g/mol. The number of benzene rings is 2. The largest absolute Gasteiger partial charge is 0.493 e. The first-order valence-electron chi connectivity index (χ1n) is 13.8. The molecule has 3 heterocycles. The van der Waals surface area contributed by atoms with E-state index in [2.05, 4.69) is 32.1 Å². The summed E-state index contributed by atoms with van der Waals surface area (Å²) in [5, 5.41) is 13.4. The molecule has 10 heteroatoms. The van der Waals surface area contributed by atoms with Crippen LogP contribution in [0.25, 0.3) is 5.70 Å². The van der Waals surface area contributed by atoms with Crippen LogP contribution in [0.4, 0.5) is 10.5 Å². The van der Waals surface area contributed by atoms with Crippen LogP contribution in [0.1, 0.15) is 24.8 Å². The van der Waals surface area contributed by atoms with Gasteiger partial charge in [-0.1, -0.05) is 0 Å². The van der Waals surface area contributed by atoms with E-state index in [1.165, 1.54) is 25.9 Å².